The van der Waals surface area contributed by atoms with Gasteiger partial charge in [-0.3, -0.25) is 14.4 Å². The number of hydrogen-bond acceptors (Lipinski definition) is 5. The Hall–Kier alpha value is -2.13. The van der Waals surface area contributed by atoms with Gasteiger partial charge in [0.25, 0.3) is 0 Å². The zero-order valence-corrected chi connectivity index (χ0v) is 25.5. The number of rotatable bonds is 8. The Labute approximate surface area is 254 Å². The topological polar surface area (TPSA) is 91.0 Å². The SMILES string of the molecule is CC1CCCC(NC(=O)C2N(CCCN3CCCC3)C(=O)[C@H]3C(C(=O)Nc4cccc(Cl)c4)[C@H]4C=CC23O4)C1C.Cl. The molecule has 1 aromatic carbocycles. The van der Waals surface area contributed by atoms with Crippen LogP contribution in [0.25, 0.3) is 0 Å². The van der Waals surface area contributed by atoms with E-state index in [0.717, 1.165) is 38.9 Å². The third-order valence-corrected chi connectivity index (χ3v) is 10.4. The Morgan fingerprint density at radius 2 is 1.88 bits per heavy atom. The van der Waals surface area contributed by atoms with Gasteiger partial charge in [-0.25, -0.2) is 0 Å². The summed E-state index contributed by atoms with van der Waals surface area (Å²) in [7, 11) is 0. The van der Waals surface area contributed by atoms with Gasteiger partial charge in [0.05, 0.1) is 17.9 Å². The van der Waals surface area contributed by atoms with Gasteiger partial charge >= 0.3 is 0 Å². The Morgan fingerprint density at radius 3 is 2.63 bits per heavy atom. The van der Waals surface area contributed by atoms with E-state index < -0.39 is 29.6 Å². The fourth-order valence-corrected chi connectivity index (χ4v) is 8.01. The predicted octanol–water partition coefficient (Wildman–Crippen LogP) is 4.28. The van der Waals surface area contributed by atoms with Crippen molar-refractivity contribution in [2.24, 2.45) is 23.7 Å². The largest absolute Gasteiger partial charge is 0.359 e. The van der Waals surface area contributed by atoms with Crippen LogP contribution in [-0.4, -0.2) is 77.5 Å². The van der Waals surface area contributed by atoms with Crippen LogP contribution in [0.5, 0.6) is 0 Å². The van der Waals surface area contributed by atoms with Crippen molar-refractivity contribution in [1.82, 2.24) is 15.1 Å². The first-order chi connectivity index (χ1) is 19.3. The number of halogens is 2. The van der Waals surface area contributed by atoms with Gasteiger partial charge in [-0.2, -0.15) is 0 Å². The number of fused-ring (bicyclic) bond motifs is 1. The van der Waals surface area contributed by atoms with E-state index in [-0.39, 0.29) is 36.2 Å². The minimum Gasteiger partial charge on any atom is -0.359 e. The lowest BCUT2D eigenvalue weighted by atomic mass is 9.73. The maximum atomic E-state index is 14.2. The highest BCUT2D eigenvalue weighted by Gasteiger charge is 2.72. The molecule has 0 aromatic heterocycles. The highest BCUT2D eigenvalue weighted by molar-refractivity contribution is 6.30. The van der Waals surface area contributed by atoms with Gasteiger partial charge in [0.2, 0.25) is 17.7 Å². The van der Waals surface area contributed by atoms with E-state index in [9.17, 15) is 14.4 Å². The molecule has 41 heavy (non-hydrogen) atoms. The van der Waals surface area contributed by atoms with Crippen LogP contribution >= 0.6 is 24.0 Å². The molecule has 3 saturated heterocycles. The van der Waals surface area contributed by atoms with Crippen molar-refractivity contribution in [3.05, 3.63) is 41.4 Å². The van der Waals surface area contributed by atoms with Crippen molar-refractivity contribution >= 4 is 47.4 Å². The minimum absolute atomic E-state index is 0. The molecule has 1 aromatic rings. The third kappa shape index (κ3) is 5.53. The van der Waals surface area contributed by atoms with E-state index in [4.69, 9.17) is 16.3 Å². The van der Waals surface area contributed by atoms with Crippen LogP contribution in [0.4, 0.5) is 5.69 Å². The van der Waals surface area contributed by atoms with E-state index >= 15 is 0 Å². The van der Waals surface area contributed by atoms with E-state index in [1.807, 2.05) is 12.2 Å². The van der Waals surface area contributed by atoms with Crippen LogP contribution in [0.2, 0.25) is 5.02 Å². The predicted molar refractivity (Wildman–Crippen MR) is 161 cm³/mol. The second-order valence-corrected chi connectivity index (χ2v) is 13.0. The normalized spacial score (nSPS) is 35.8. The van der Waals surface area contributed by atoms with Gasteiger partial charge in [-0.1, -0.05) is 56.5 Å². The van der Waals surface area contributed by atoms with Crippen molar-refractivity contribution in [2.45, 2.75) is 76.2 Å². The van der Waals surface area contributed by atoms with Crippen molar-refractivity contribution in [3.63, 3.8) is 0 Å². The monoisotopic (exact) mass is 604 g/mol. The Bertz CT molecular complexity index is 1190. The quantitative estimate of drug-likeness (QED) is 0.432. The lowest BCUT2D eigenvalue weighted by molar-refractivity contribution is -0.141. The second-order valence-electron chi connectivity index (χ2n) is 12.5. The summed E-state index contributed by atoms with van der Waals surface area (Å²) in [6, 6.07) is 6.24. The molecular weight excluding hydrogens is 563 g/mol. The highest BCUT2D eigenvalue weighted by Crippen LogP contribution is 2.55. The molecule has 6 rings (SSSR count). The summed E-state index contributed by atoms with van der Waals surface area (Å²) in [5, 5.41) is 6.79. The first-order valence-electron chi connectivity index (χ1n) is 15.1. The lowest BCUT2D eigenvalue weighted by Crippen LogP contribution is -2.58. The molecule has 4 fully saturated rings. The molecule has 1 aliphatic carbocycles. The molecule has 4 heterocycles. The Morgan fingerprint density at radius 1 is 1.10 bits per heavy atom. The van der Waals surface area contributed by atoms with E-state index in [0.29, 0.717) is 29.1 Å². The van der Waals surface area contributed by atoms with Gasteiger partial charge < -0.3 is 25.2 Å². The van der Waals surface area contributed by atoms with Crippen LogP contribution in [0.3, 0.4) is 0 Å². The number of amides is 3. The number of hydrogen-bond donors (Lipinski definition) is 2. The standard InChI is InChI=1S/C31H41ClN4O4.ClH/c1-19-8-5-11-23(20(19)2)34-29(38)27-31-13-12-24(40-31)25(28(37)33-22-10-6-9-21(32)18-22)26(31)30(39)36(27)17-7-16-35-14-3-4-15-35;/h6,9-10,12-13,18-20,23-27H,3-5,7-8,11,14-17H2,1-2H3,(H,33,37)(H,34,38);1H/t19?,20?,23?,24-,25?,26-,27?,31?;/m1./s1. The lowest BCUT2D eigenvalue weighted by Gasteiger charge is -2.38. The summed E-state index contributed by atoms with van der Waals surface area (Å²) >= 11 is 6.13. The first kappa shape index (κ1) is 30.3. The molecule has 0 radical (unpaired) electrons. The first-order valence-corrected chi connectivity index (χ1v) is 15.4. The zero-order chi connectivity index (χ0) is 28.0. The molecule has 10 heteroatoms. The van der Waals surface area contributed by atoms with Crippen LogP contribution in [0.1, 0.15) is 52.4 Å². The van der Waals surface area contributed by atoms with E-state index in [2.05, 4.69) is 29.4 Å². The maximum absolute atomic E-state index is 14.2. The number of carbonyl (C=O) groups is 3. The average Bonchev–Trinajstić information content (AvgIpc) is 3.70. The van der Waals surface area contributed by atoms with Gasteiger partial charge in [0.1, 0.15) is 11.6 Å². The molecule has 1 spiro atoms. The minimum atomic E-state index is -1.14. The molecule has 224 valence electrons. The van der Waals surface area contributed by atoms with E-state index in [1.165, 1.54) is 19.3 Å². The molecule has 8 atom stereocenters. The number of anilines is 1. The molecule has 2 bridgehead atoms. The molecule has 4 aliphatic heterocycles. The van der Waals surface area contributed by atoms with Gasteiger partial charge in [0.15, 0.2) is 0 Å². The second kappa shape index (κ2) is 12.2. The van der Waals surface area contributed by atoms with Crippen LogP contribution in [-0.2, 0) is 19.1 Å². The molecule has 8 nitrogen and oxygen atoms in total. The summed E-state index contributed by atoms with van der Waals surface area (Å²) in [4.78, 5) is 46.1. The fraction of sp³-hybridized carbons (Fsp3) is 0.645. The summed E-state index contributed by atoms with van der Waals surface area (Å²) in [5.74, 6) is -1.18. The number of likely N-dealkylation sites (tertiary alicyclic amines) is 2. The van der Waals surface area contributed by atoms with Crippen LogP contribution in [0, 0.1) is 23.7 Å². The van der Waals surface area contributed by atoms with Crippen molar-refractivity contribution in [1.29, 1.82) is 0 Å². The zero-order valence-electron chi connectivity index (χ0n) is 23.9. The van der Waals surface area contributed by atoms with Gasteiger partial charge in [-0.15, -0.1) is 12.4 Å². The molecule has 2 N–H and O–H groups in total. The van der Waals surface area contributed by atoms with Crippen molar-refractivity contribution < 1.29 is 19.1 Å². The number of ether oxygens (including phenoxy) is 1. The number of carbonyl (C=O) groups excluding carboxylic acids is 3. The molecule has 1 saturated carbocycles. The Balaban J connectivity index is 0.00000337. The molecule has 5 aliphatic rings. The number of nitrogens with zero attached hydrogens (tertiary/aromatic N) is 2. The average molecular weight is 606 g/mol. The smallest absolute Gasteiger partial charge is 0.246 e. The number of benzene rings is 1. The van der Waals surface area contributed by atoms with Crippen LogP contribution in [0.15, 0.2) is 36.4 Å². The van der Waals surface area contributed by atoms with E-state index in [1.54, 1.807) is 29.2 Å². The summed E-state index contributed by atoms with van der Waals surface area (Å²) < 4.78 is 6.50. The molecule has 6 unspecified atom stereocenters. The summed E-state index contributed by atoms with van der Waals surface area (Å²) in [6.45, 7) is 7.98. The van der Waals surface area contributed by atoms with Crippen LogP contribution < -0.4 is 10.6 Å². The van der Waals surface area contributed by atoms with Crippen molar-refractivity contribution in [2.75, 3.05) is 31.5 Å². The maximum Gasteiger partial charge on any atom is 0.246 e. The number of nitrogens with one attached hydrogen (secondary N) is 2. The summed E-state index contributed by atoms with van der Waals surface area (Å²) in [6.07, 6.45) is 9.59. The molecular formula is C31H42Cl2N4O4. The van der Waals surface area contributed by atoms with Gasteiger partial charge in [0, 0.05) is 23.3 Å². The third-order valence-electron chi connectivity index (χ3n) is 10.1. The fourth-order valence-electron chi connectivity index (χ4n) is 7.82. The highest BCUT2D eigenvalue weighted by atomic mass is 35.5. The Kier molecular flexibility index (Phi) is 9.05. The molecule has 3 amide bonds. The van der Waals surface area contributed by atoms with Crippen molar-refractivity contribution in [3.8, 4) is 0 Å². The summed E-state index contributed by atoms with van der Waals surface area (Å²) in [5.41, 5.74) is -0.569. The van der Waals surface area contributed by atoms with Gasteiger partial charge in [-0.05, 0) is 75.4 Å².